The van der Waals surface area contributed by atoms with Crippen LogP contribution in [0.4, 0.5) is 13.2 Å². The highest BCUT2D eigenvalue weighted by Crippen LogP contribution is 2.44. The van der Waals surface area contributed by atoms with Crippen molar-refractivity contribution < 1.29 is 18.0 Å². The second kappa shape index (κ2) is 5.25. The summed E-state index contributed by atoms with van der Waals surface area (Å²) < 4.78 is 39.2. The summed E-state index contributed by atoms with van der Waals surface area (Å²) in [6, 6.07) is 0. The lowest BCUT2D eigenvalue weighted by atomic mass is 9.78. The van der Waals surface area contributed by atoms with Gasteiger partial charge < -0.3 is 10.6 Å². The van der Waals surface area contributed by atoms with Crippen LogP contribution in [0.3, 0.4) is 0 Å². The van der Waals surface area contributed by atoms with Gasteiger partial charge in [0.15, 0.2) is 0 Å². The lowest BCUT2D eigenvalue weighted by molar-refractivity contribution is -0.230. The van der Waals surface area contributed by atoms with Gasteiger partial charge in [-0.25, -0.2) is 0 Å². The highest BCUT2D eigenvalue weighted by molar-refractivity contribution is 5.77. The molecule has 1 aliphatic heterocycles. The lowest BCUT2D eigenvalue weighted by Crippen LogP contribution is -2.53. The Morgan fingerprint density at radius 1 is 1.35 bits per heavy atom. The van der Waals surface area contributed by atoms with E-state index in [4.69, 9.17) is 0 Å². The molecule has 3 nitrogen and oxygen atoms in total. The summed E-state index contributed by atoms with van der Waals surface area (Å²) in [7, 11) is 0. The van der Waals surface area contributed by atoms with Crippen LogP contribution in [-0.2, 0) is 4.79 Å². The molecule has 0 aromatic rings. The number of hydrogen-bond donors (Lipinski definition) is 2. The van der Waals surface area contributed by atoms with Crippen molar-refractivity contribution in [3.63, 3.8) is 0 Å². The number of piperidine rings is 1. The molecule has 6 heteroatoms. The SMILES string of the molecule is CC(C)C(=O)NCC1(C(F)(F)F)CCNCC1. The van der Waals surface area contributed by atoms with Crippen molar-refractivity contribution in [3.05, 3.63) is 0 Å². The van der Waals surface area contributed by atoms with E-state index in [1.54, 1.807) is 13.8 Å². The topological polar surface area (TPSA) is 41.1 Å². The first kappa shape index (κ1) is 14.3. The number of carbonyl (C=O) groups is 1. The Hall–Kier alpha value is -0.780. The maximum absolute atomic E-state index is 13.1. The Labute approximate surface area is 99.1 Å². The molecule has 0 aromatic heterocycles. The van der Waals surface area contributed by atoms with Gasteiger partial charge in [-0.2, -0.15) is 13.2 Å². The van der Waals surface area contributed by atoms with Crippen molar-refractivity contribution in [2.75, 3.05) is 19.6 Å². The molecule has 0 radical (unpaired) electrons. The number of nitrogens with one attached hydrogen (secondary N) is 2. The van der Waals surface area contributed by atoms with Gasteiger partial charge in [0, 0.05) is 12.5 Å². The van der Waals surface area contributed by atoms with Crippen LogP contribution in [0.5, 0.6) is 0 Å². The predicted molar refractivity (Wildman–Crippen MR) is 58.4 cm³/mol. The summed E-state index contributed by atoms with van der Waals surface area (Å²) in [5.41, 5.74) is -1.76. The minimum absolute atomic E-state index is 0.0227. The van der Waals surface area contributed by atoms with E-state index in [1.807, 2.05) is 0 Å². The number of halogens is 3. The molecule has 0 spiro atoms. The van der Waals surface area contributed by atoms with Crippen LogP contribution in [0.2, 0.25) is 0 Å². The largest absolute Gasteiger partial charge is 0.396 e. The monoisotopic (exact) mass is 252 g/mol. The quantitative estimate of drug-likeness (QED) is 0.802. The molecule has 0 atom stereocenters. The minimum atomic E-state index is -4.26. The molecule has 0 aliphatic carbocycles. The van der Waals surface area contributed by atoms with E-state index in [0.29, 0.717) is 13.1 Å². The minimum Gasteiger partial charge on any atom is -0.355 e. The molecule has 1 saturated heterocycles. The van der Waals surface area contributed by atoms with Crippen molar-refractivity contribution in [3.8, 4) is 0 Å². The summed E-state index contributed by atoms with van der Waals surface area (Å²) in [5, 5.41) is 5.32. The number of carbonyl (C=O) groups excluding carboxylic acids is 1. The lowest BCUT2D eigenvalue weighted by Gasteiger charge is -2.39. The first-order chi connectivity index (χ1) is 7.78. The highest BCUT2D eigenvalue weighted by Gasteiger charge is 2.54. The predicted octanol–water partition coefficient (Wildman–Crippen LogP) is 1.69. The summed E-state index contributed by atoms with van der Waals surface area (Å²) in [4.78, 5) is 11.4. The number of rotatable bonds is 3. The van der Waals surface area contributed by atoms with E-state index in [1.165, 1.54) is 0 Å². The van der Waals surface area contributed by atoms with Gasteiger partial charge in [-0.3, -0.25) is 4.79 Å². The van der Waals surface area contributed by atoms with Gasteiger partial charge >= 0.3 is 6.18 Å². The van der Waals surface area contributed by atoms with Gasteiger partial charge in [0.25, 0.3) is 0 Å². The summed E-state index contributed by atoms with van der Waals surface area (Å²) in [6.45, 7) is 3.71. The van der Waals surface area contributed by atoms with Gasteiger partial charge in [-0.05, 0) is 25.9 Å². The molecular weight excluding hydrogens is 233 g/mol. The van der Waals surface area contributed by atoms with Gasteiger partial charge in [0.1, 0.15) is 0 Å². The fourth-order valence-electron chi connectivity index (χ4n) is 1.93. The van der Waals surface area contributed by atoms with Crippen LogP contribution in [0.15, 0.2) is 0 Å². The first-order valence-electron chi connectivity index (χ1n) is 5.84. The number of alkyl halides is 3. The molecule has 1 heterocycles. The van der Waals surface area contributed by atoms with Crippen molar-refractivity contribution in [2.24, 2.45) is 11.3 Å². The third kappa shape index (κ3) is 3.34. The van der Waals surface area contributed by atoms with Gasteiger partial charge in [-0.15, -0.1) is 0 Å². The molecular formula is C11H19F3N2O. The molecule has 1 amide bonds. The Morgan fingerprint density at radius 3 is 2.29 bits per heavy atom. The second-order valence-corrected chi connectivity index (χ2v) is 4.90. The Kier molecular flexibility index (Phi) is 4.41. The zero-order chi connectivity index (χ0) is 13.1. The average molecular weight is 252 g/mol. The van der Waals surface area contributed by atoms with Gasteiger partial charge in [0.2, 0.25) is 5.91 Å². The molecule has 0 bridgehead atoms. The highest BCUT2D eigenvalue weighted by atomic mass is 19.4. The molecule has 1 fully saturated rings. The van der Waals surface area contributed by atoms with Gasteiger partial charge in [0.05, 0.1) is 5.41 Å². The first-order valence-corrected chi connectivity index (χ1v) is 5.84. The number of amides is 1. The molecule has 0 aromatic carbocycles. The third-order valence-electron chi connectivity index (χ3n) is 3.29. The van der Waals surface area contributed by atoms with Crippen molar-refractivity contribution in [2.45, 2.75) is 32.9 Å². The molecule has 2 N–H and O–H groups in total. The molecule has 0 saturated carbocycles. The van der Waals surface area contributed by atoms with E-state index in [9.17, 15) is 18.0 Å². The van der Waals surface area contributed by atoms with Crippen LogP contribution < -0.4 is 10.6 Å². The third-order valence-corrected chi connectivity index (χ3v) is 3.29. The second-order valence-electron chi connectivity index (χ2n) is 4.90. The molecule has 1 rings (SSSR count). The van der Waals surface area contributed by atoms with E-state index in [2.05, 4.69) is 10.6 Å². The van der Waals surface area contributed by atoms with Crippen LogP contribution in [-0.4, -0.2) is 31.7 Å². The van der Waals surface area contributed by atoms with Crippen LogP contribution in [0.1, 0.15) is 26.7 Å². The van der Waals surface area contributed by atoms with E-state index in [-0.39, 0.29) is 31.2 Å². The zero-order valence-electron chi connectivity index (χ0n) is 10.2. The molecule has 1 aliphatic rings. The van der Waals surface area contributed by atoms with E-state index < -0.39 is 11.6 Å². The normalized spacial score (nSPS) is 20.4. The Balaban J connectivity index is 2.68. The fourth-order valence-corrected chi connectivity index (χ4v) is 1.93. The maximum Gasteiger partial charge on any atom is 0.396 e. The van der Waals surface area contributed by atoms with Crippen LogP contribution in [0.25, 0.3) is 0 Å². The number of hydrogen-bond acceptors (Lipinski definition) is 2. The van der Waals surface area contributed by atoms with Crippen molar-refractivity contribution in [1.82, 2.24) is 10.6 Å². The molecule has 100 valence electrons. The fraction of sp³-hybridized carbons (Fsp3) is 0.909. The Bertz CT molecular complexity index is 270. The maximum atomic E-state index is 13.1. The Morgan fingerprint density at radius 2 is 1.88 bits per heavy atom. The summed E-state index contributed by atoms with van der Waals surface area (Å²) in [5.74, 6) is -0.617. The van der Waals surface area contributed by atoms with E-state index in [0.717, 1.165) is 0 Å². The van der Waals surface area contributed by atoms with Crippen LogP contribution >= 0.6 is 0 Å². The van der Waals surface area contributed by atoms with Crippen LogP contribution in [0, 0.1) is 11.3 Å². The zero-order valence-corrected chi connectivity index (χ0v) is 10.2. The molecule has 17 heavy (non-hydrogen) atoms. The average Bonchev–Trinajstić information content (AvgIpc) is 2.25. The van der Waals surface area contributed by atoms with Crippen molar-refractivity contribution >= 4 is 5.91 Å². The van der Waals surface area contributed by atoms with E-state index >= 15 is 0 Å². The summed E-state index contributed by atoms with van der Waals surface area (Å²) >= 11 is 0. The van der Waals surface area contributed by atoms with Crippen molar-refractivity contribution in [1.29, 1.82) is 0 Å². The van der Waals surface area contributed by atoms with Gasteiger partial charge in [-0.1, -0.05) is 13.8 Å². The standard InChI is InChI=1S/C11H19F3N2O/c1-8(2)9(17)16-7-10(11(12,13)14)3-5-15-6-4-10/h8,15H,3-7H2,1-2H3,(H,16,17). The molecule has 0 unspecified atom stereocenters. The summed E-state index contributed by atoms with van der Waals surface area (Å²) in [6.07, 6.45) is -4.22. The smallest absolute Gasteiger partial charge is 0.355 e.